The van der Waals surface area contributed by atoms with Gasteiger partial charge in [0.25, 0.3) is 0 Å². The Kier molecular flexibility index (Phi) is 2.97. The molecule has 16 heavy (non-hydrogen) atoms. The quantitative estimate of drug-likeness (QED) is 0.666. The van der Waals surface area contributed by atoms with Crippen molar-refractivity contribution in [1.29, 1.82) is 0 Å². The van der Waals surface area contributed by atoms with Crippen LogP contribution in [-0.2, 0) is 9.53 Å². The van der Waals surface area contributed by atoms with Crippen LogP contribution < -0.4 is 10.6 Å². The molecule has 0 bridgehead atoms. The van der Waals surface area contributed by atoms with E-state index in [4.69, 9.17) is 4.74 Å². The Labute approximate surface area is 97.1 Å². The largest absolute Gasteiger partial charge is 0.469 e. The van der Waals surface area contributed by atoms with Crippen molar-refractivity contribution in [1.82, 2.24) is 10.6 Å². The Balaban J connectivity index is 1.92. The lowest BCUT2D eigenvalue weighted by Crippen LogP contribution is -2.33. The van der Waals surface area contributed by atoms with Gasteiger partial charge >= 0.3 is 5.97 Å². The van der Waals surface area contributed by atoms with Crippen molar-refractivity contribution in [2.24, 2.45) is 16.7 Å². The third kappa shape index (κ3) is 1.64. The van der Waals surface area contributed by atoms with Gasteiger partial charge in [0.2, 0.25) is 0 Å². The second-order valence-corrected chi connectivity index (χ2v) is 5.66. The molecule has 0 aromatic rings. The number of methoxy groups -OCH3 is 1. The summed E-state index contributed by atoms with van der Waals surface area (Å²) in [4.78, 5) is 11.8. The summed E-state index contributed by atoms with van der Waals surface area (Å²) in [7, 11) is 1.49. The molecule has 2 rings (SSSR count). The van der Waals surface area contributed by atoms with Crippen LogP contribution in [0, 0.1) is 16.7 Å². The lowest BCUT2D eigenvalue weighted by atomic mass is 9.96. The van der Waals surface area contributed by atoms with Gasteiger partial charge in [-0.25, -0.2) is 0 Å². The number of ether oxygens (including phenoxy) is 1. The zero-order chi connectivity index (χ0) is 11.8. The van der Waals surface area contributed by atoms with Gasteiger partial charge in [0.1, 0.15) is 0 Å². The molecule has 1 aliphatic carbocycles. The molecule has 0 aromatic carbocycles. The van der Waals surface area contributed by atoms with Crippen molar-refractivity contribution in [3.63, 3.8) is 0 Å². The summed E-state index contributed by atoms with van der Waals surface area (Å²) in [6.07, 6.45) is 0.977. The molecule has 1 heterocycles. The zero-order valence-corrected chi connectivity index (χ0v) is 10.4. The Hall–Kier alpha value is -0.610. The molecule has 1 aliphatic heterocycles. The summed E-state index contributed by atoms with van der Waals surface area (Å²) in [6, 6.07) is 0. The number of esters is 1. The lowest BCUT2D eigenvalue weighted by molar-refractivity contribution is -0.147. The number of hydrogen-bond acceptors (Lipinski definition) is 4. The van der Waals surface area contributed by atoms with Gasteiger partial charge in [-0.15, -0.1) is 0 Å². The number of piperidine rings is 1. The standard InChI is InChI=1S/C12H22N2O2/c1-9(2)4-13-6-11-5-12(11,8-14-7-11)10(15)16-3/h9,13-14H,4-8H2,1-3H3. The molecule has 2 atom stereocenters. The van der Waals surface area contributed by atoms with Crippen LogP contribution >= 0.6 is 0 Å². The number of carbonyl (C=O) groups excluding carboxylic acids is 1. The molecular formula is C12H22N2O2. The second kappa shape index (κ2) is 4.00. The minimum absolute atomic E-state index is 0.0381. The monoisotopic (exact) mass is 226 g/mol. The molecule has 0 aromatic heterocycles. The molecule has 4 heteroatoms. The first-order valence-electron chi connectivity index (χ1n) is 6.06. The highest BCUT2D eigenvalue weighted by Gasteiger charge is 2.74. The van der Waals surface area contributed by atoms with E-state index < -0.39 is 0 Å². The smallest absolute Gasteiger partial charge is 0.313 e. The van der Waals surface area contributed by atoms with E-state index in [1.54, 1.807) is 0 Å². The Morgan fingerprint density at radius 1 is 1.50 bits per heavy atom. The molecular weight excluding hydrogens is 204 g/mol. The van der Waals surface area contributed by atoms with Crippen LogP contribution in [0.3, 0.4) is 0 Å². The van der Waals surface area contributed by atoms with Crippen molar-refractivity contribution in [2.75, 3.05) is 33.3 Å². The fourth-order valence-electron chi connectivity index (χ4n) is 2.98. The third-order valence-corrected chi connectivity index (χ3v) is 4.01. The van der Waals surface area contributed by atoms with Crippen LogP contribution in [0.5, 0.6) is 0 Å². The lowest BCUT2D eigenvalue weighted by Gasteiger charge is -2.17. The van der Waals surface area contributed by atoms with Crippen LogP contribution in [0.15, 0.2) is 0 Å². The first-order chi connectivity index (χ1) is 7.56. The average molecular weight is 226 g/mol. The number of rotatable bonds is 5. The fourth-order valence-corrected chi connectivity index (χ4v) is 2.98. The molecule has 2 unspecified atom stereocenters. The van der Waals surface area contributed by atoms with E-state index >= 15 is 0 Å². The van der Waals surface area contributed by atoms with Gasteiger partial charge in [0.05, 0.1) is 12.5 Å². The van der Waals surface area contributed by atoms with Crippen molar-refractivity contribution in [2.45, 2.75) is 20.3 Å². The van der Waals surface area contributed by atoms with Crippen LogP contribution in [0.2, 0.25) is 0 Å². The number of hydrogen-bond donors (Lipinski definition) is 2. The predicted molar refractivity (Wildman–Crippen MR) is 62.1 cm³/mol. The van der Waals surface area contributed by atoms with Crippen molar-refractivity contribution >= 4 is 5.97 Å². The SMILES string of the molecule is COC(=O)C12CNCC1(CNCC(C)C)C2. The van der Waals surface area contributed by atoms with Crippen LogP contribution in [-0.4, -0.2) is 39.3 Å². The van der Waals surface area contributed by atoms with Gasteiger partial charge in [0, 0.05) is 25.0 Å². The molecule has 2 fully saturated rings. The topological polar surface area (TPSA) is 50.4 Å². The van der Waals surface area contributed by atoms with Gasteiger partial charge in [0.15, 0.2) is 0 Å². The summed E-state index contributed by atoms with van der Waals surface area (Å²) in [5, 5.41) is 6.78. The highest BCUT2D eigenvalue weighted by atomic mass is 16.5. The molecule has 92 valence electrons. The van der Waals surface area contributed by atoms with E-state index in [1.807, 2.05) is 0 Å². The summed E-state index contributed by atoms with van der Waals surface area (Å²) in [6.45, 7) is 8.04. The third-order valence-electron chi connectivity index (χ3n) is 4.01. The summed E-state index contributed by atoms with van der Waals surface area (Å²) >= 11 is 0. The Bertz CT molecular complexity index is 293. The fraction of sp³-hybridized carbons (Fsp3) is 0.917. The van der Waals surface area contributed by atoms with Crippen molar-refractivity contribution in [3.8, 4) is 0 Å². The van der Waals surface area contributed by atoms with E-state index in [0.717, 1.165) is 32.6 Å². The zero-order valence-electron chi connectivity index (χ0n) is 10.4. The molecule has 0 radical (unpaired) electrons. The van der Waals surface area contributed by atoms with E-state index in [2.05, 4.69) is 24.5 Å². The van der Waals surface area contributed by atoms with Crippen LogP contribution in [0.4, 0.5) is 0 Å². The normalized spacial score (nSPS) is 36.2. The highest BCUT2D eigenvalue weighted by molar-refractivity contribution is 5.83. The molecule has 0 spiro atoms. The van der Waals surface area contributed by atoms with Gasteiger partial charge in [-0.1, -0.05) is 13.8 Å². The molecule has 1 saturated carbocycles. The maximum Gasteiger partial charge on any atom is 0.313 e. The molecule has 0 amide bonds. The van der Waals surface area contributed by atoms with Crippen LogP contribution in [0.1, 0.15) is 20.3 Å². The van der Waals surface area contributed by atoms with E-state index in [-0.39, 0.29) is 16.8 Å². The first-order valence-corrected chi connectivity index (χ1v) is 6.06. The average Bonchev–Trinajstić information content (AvgIpc) is 2.74. The summed E-state index contributed by atoms with van der Waals surface area (Å²) in [5.74, 6) is 0.612. The highest BCUT2D eigenvalue weighted by Crippen LogP contribution is 2.66. The van der Waals surface area contributed by atoms with Crippen LogP contribution in [0.25, 0.3) is 0 Å². The van der Waals surface area contributed by atoms with E-state index in [9.17, 15) is 4.79 Å². The van der Waals surface area contributed by atoms with Gasteiger partial charge in [-0.05, 0) is 18.9 Å². The number of carbonyl (C=O) groups is 1. The Morgan fingerprint density at radius 2 is 2.25 bits per heavy atom. The van der Waals surface area contributed by atoms with Gasteiger partial charge < -0.3 is 15.4 Å². The van der Waals surface area contributed by atoms with Gasteiger partial charge in [-0.3, -0.25) is 4.79 Å². The summed E-state index contributed by atoms with van der Waals surface area (Å²) in [5.41, 5.74) is -0.110. The van der Waals surface area contributed by atoms with Crippen molar-refractivity contribution < 1.29 is 9.53 Å². The minimum Gasteiger partial charge on any atom is -0.469 e. The minimum atomic E-state index is -0.230. The van der Waals surface area contributed by atoms with E-state index in [0.29, 0.717) is 5.92 Å². The predicted octanol–water partition coefficient (Wildman–Crippen LogP) is 0.385. The molecule has 2 N–H and O–H groups in total. The maximum absolute atomic E-state index is 11.8. The van der Waals surface area contributed by atoms with Crippen molar-refractivity contribution in [3.05, 3.63) is 0 Å². The molecule has 4 nitrogen and oxygen atoms in total. The second-order valence-electron chi connectivity index (χ2n) is 5.66. The Morgan fingerprint density at radius 3 is 2.88 bits per heavy atom. The first kappa shape index (κ1) is 11.9. The maximum atomic E-state index is 11.8. The number of nitrogens with one attached hydrogen (secondary N) is 2. The molecule has 2 aliphatic rings. The number of fused-ring (bicyclic) bond motifs is 1. The summed E-state index contributed by atoms with van der Waals surface area (Å²) < 4.78 is 4.92. The molecule has 1 saturated heterocycles. The van der Waals surface area contributed by atoms with E-state index in [1.165, 1.54) is 7.11 Å². The van der Waals surface area contributed by atoms with Gasteiger partial charge in [-0.2, -0.15) is 0 Å².